The number of phenolic OH excluding ortho intramolecular Hbond substituents is 1. The Morgan fingerprint density at radius 2 is 1.82 bits per heavy atom. The van der Waals surface area contributed by atoms with Crippen LogP contribution in [0.15, 0.2) is 21.9 Å². The average Bonchev–Trinajstić information content (AvgIpc) is 2.69. The largest absolute Gasteiger partial charge is 0.507 e. The van der Waals surface area contributed by atoms with Crippen LogP contribution in [0.25, 0.3) is 0 Å². The quantitative estimate of drug-likeness (QED) is 0.745. The zero-order valence-electron chi connectivity index (χ0n) is 16.7. The highest BCUT2D eigenvalue weighted by molar-refractivity contribution is 7.98. The van der Waals surface area contributed by atoms with Crippen LogP contribution in [0.5, 0.6) is 5.75 Å². The number of sulfonamides is 1. The van der Waals surface area contributed by atoms with E-state index in [1.807, 2.05) is 12.3 Å². The first kappa shape index (κ1) is 19.1. The minimum absolute atomic E-state index is 0.00611. The van der Waals surface area contributed by atoms with Gasteiger partial charge in [-0.3, -0.25) is 0 Å². The highest BCUT2D eigenvalue weighted by Crippen LogP contribution is 2.62. The monoisotopic (exact) mass is 422 g/mol. The highest BCUT2D eigenvalue weighted by Gasteiger charge is 2.61. The second-order valence-corrected chi connectivity index (χ2v) is 12.1. The van der Waals surface area contributed by atoms with E-state index >= 15 is 0 Å². The Labute approximate surface area is 172 Å². The van der Waals surface area contributed by atoms with E-state index in [2.05, 4.69) is 4.90 Å². The molecule has 7 heteroatoms. The average molecular weight is 423 g/mol. The molecule has 1 N–H and O–H groups in total. The zero-order valence-corrected chi connectivity index (χ0v) is 18.4. The van der Waals surface area contributed by atoms with Crippen LogP contribution >= 0.6 is 11.8 Å². The van der Waals surface area contributed by atoms with Crippen molar-refractivity contribution in [3.63, 3.8) is 0 Å². The Bertz CT molecular complexity index is 878. The summed E-state index contributed by atoms with van der Waals surface area (Å²) in [6.07, 6.45) is 11.4. The second-order valence-electron chi connectivity index (χ2n) is 9.29. The summed E-state index contributed by atoms with van der Waals surface area (Å²) in [5, 5.41) is 10.4. The molecule has 4 aliphatic carbocycles. The van der Waals surface area contributed by atoms with Crippen molar-refractivity contribution in [1.29, 1.82) is 0 Å². The lowest BCUT2D eigenvalue weighted by Crippen LogP contribution is -2.70. The van der Waals surface area contributed by atoms with Crippen LogP contribution in [0.4, 0.5) is 5.69 Å². The van der Waals surface area contributed by atoms with Crippen molar-refractivity contribution in [2.45, 2.75) is 72.7 Å². The van der Waals surface area contributed by atoms with Crippen LogP contribution in [0, 0.1) is 11.8 Å². The molecule has 1 heterocycles. The third kappa shape index (κ3) is 2.65. The van der Waals surface area contributed by atoms with Crippen LogP contribution in [-0.2, 0) is 10.0 Å². The van der Waals surface area contributed by atoms with Crippen molar-refractivity contribution in [2.75, 3.05) is 24.7 Å². The SMILES string of the molecule is CSc1cc2c(cc1O)S(=O)(=O)N(C)[C@H](C1CCCCC1)CN2C12CC(C1)C2. The van der Waals surface area contributed by atoms with E-state index in [0.29, 0.717) is 5.92 Å². The summed E-state index contributed by atoms with van der Waals surface area (Å²) in [6, 6.07) is 3.42. The van der Waals surface area contributed by atoms with Crippen molar-refractivity contribution < 1.29 is 13.5 Å². The van der Waals surface area contributed by atoms with E-state index in [-0.39, 0.29) is 22.2 Å². The number of hydrogen-bond donors (Lipinski definition) is 1. The van der Waals surface area contributed by atoms with Gasteiger partial charge in [0, 0.05) is 31.2 Å². The molecular formula is C21H30N2O3S2. The summed E-state index contributed by atoms with van der Waals surface area (Å²) in [5.41, 5.74) is 0.949. The third-order valence-electron chi connectivity index (χ3n) is 7.82. The van der Waals surface area contributed by atoms with Crippen molar-refractivity contribution in [3.05, 3.63) is 12.1 Å². The number of phenols is 1. The lowest BCUT2D eigenvalue weighted by atomic mass is 9.49. The van der Waals surface area contributed by atoms with Gasteiger partial charge in [0.05, 0.1) is 10.6 Å². The third-order valence-corrected chi connectivity index (χ3v) is 10.5. The molecular weight excluding hydrogens is 392 g/mol. The molecule has 4 saturated carbocycles. The smallest absolute Gasteiger partial charge is 0.245 e. The number of nitrogens with zero attached hydrogens (tertiary/aromatic N) is 2. The van der Waals surface area contributed by atoms with Gasteiger partial charge in [0.2, 0.25) is 10.0 Å². The topological polar surface area (TPSA) is 60.9 Å². The number of fused-ring (bicyclic) bond motifs is 1. The summed E-state index contributed by atoms with van der Waals surface area (Å²) in [4.78, 5) is 3.47. The minimum Gasteiger partial charge on any atom is -0.507 e. The lowest BCUT2D eigenvalue weighted by Gasteiger charge is -2.67. The molecule has 28 heavy (non-hydrogen) atoms. The fraction of sp³-hybridized carbons (Fsp3) is 0.714. The molecule has 1 aromatic carbocycles. The molecule has 0 unspecified atom stereocenters. The number of hydrogen-bond acceptors (Lipinski definition) is 5. The molecule has 1 aromatic rings. The Morgan fingerprint density at radius 1 is 1.14 bits per heavy atom. The van der Waals surface area contributed by atoms with Crippen LogP contribution < -0.4 is 4.90 Å². The second kappa shape index (κ2) is 6.54. The molecule has 2 bridgehead atoms. The van der Waals surface area contributed by atoms with Gasteiger partial charge in [0.25, 0.3) is 0 Å². The van der Waals surface area contributed by atoms with E-state index < -0.39 is 10.0 Å². The summed E-state index contributed by atoms with van der Waals surface area (Å²) in [6.45, 7) is 0.777. The number of anilines is 1. The summed E-state index contributed by atoms with van der Waals surface area (Å²) >= 11 is 1.47. The molecule has 0 aromatic heterocycles. The number of thioether (sulfide) groups is 1. The van der Waals surface area contributed by atoms with Gasteiger partial charge in [0.15, 0.2) is 0 Å². The number of aromatic hydroxyl groups is 1. The maximum Gasteiger partial charge on any atom is 0.245 e. The first-order valence-corrected chi connectivity index (χ1v) is 13.2. The van der Waals surface area contributed by atoms with Gasteiger partial charge in [-0.1, -0.05) is 19.3 Å². The first-order valence-electron chi connectivity index (χ1n) is 10.5. The van der Waals surface area contributed by atoms with Gasteiger partial charge >= 0.3 is 0 Å². The van der Waals surface area contributed by atoms with Crippen molar-refractivity contribution in [2.24, 2.45) is 11.8 Å². The maximum absolute atomic E-state index is 13.6. The van der Waals surface area contributed by atoms with Crippen molar-refractivity contribution in [3.8, 4) is 5.75 Å². The van der Waals surface area contributed by atoms with Gasteiger partial charge in [-0.2, -0.15) is 4.31 Å². The van der Waals surface area contributed by atoms with Gasteiger partial charge in [-0.15, -0.1) is 11.8 Å². The van der Waals surface area contributed by atoms with Crippen LogP contribution in [-0.4, -0.2) is 49.3 Å². The summed E-state index contributed by atoms with van der Waals surface area (Å²) in [5.74, 6) is 1.31. The molecule has 0 radical (unpaired) electrons. The normalized spacial score (nSPS) is 34.9. The predicted octanol–water partition coefficient (Wildman–Crippen LogP) is 4.06. The Hall–Kier alpha value is -0.920. The molecule has 0 amide bonds. The van der Waals surface area contributed by atoms with Crippen molar-refractivity contribution >= 4 is 27.5 Å². The minimum atomic E-state index is -3.64. The van der Waals surface area contributed by atoms with Gasteiger partial charge in [-0.05, 0) is 56.3 Å². The molecule has 0 saturated heterocycles. The van der Waals surface area contributed by atoms with Crippen LogP contribution in [0.3, 0.4) is 0 Å². The fourth-order valence-electron chi connectivity index (χ4n) is 6.03. The maximum atomic E-state index is 13.6. The predicted molar refractivity (Wildman–Crippen MR) is 113 cm³/mol. The molecule has 6 rings (SSSR count). The van der Waals surface area contributed by atoms with Gasteiger partial charge in [-0.25, -0.2) is 8.42 Å². The van der Waals surface area contributed by atoms with E-state index in [9.17, 15) is 13.5 Å². The Balaban J connectivity index is 1.65. The van der Waals surface area contributed by atoms with E-state index in [1.165, 1.54) is 56.4 Å². The highest BCUT2D eigenvalue weighted by atomic mass is 32.2. The molecule has 1 aliphatic heterocycles. The van der Waals surface area contributed by atoms with Crippen LogP contribution in [0.2, 0.25) is 0 Å². The molecule has 1 atom stereocenters. The molecule has 5 aliphatic rings. The molecule has 0 spiro atoms. The number of benzene rings is 1. The molecule has 4 fully saturated rings. The summed E-state index contributed by atoms with van der Waals surface area (Å²) < 4.78 is 28.8. The Kier molecular flexibility index (Phi) is 4.45. The lowest BCUT2D eigenvalue weighted by molar-refractivity contribution is -0.0283. The fourth-order valence-corrected chi connectivity index (χ4v) is 8.13. The van der Waals surface area contributed by atoms with Crippen LogP contribution in [0.1, 0.15) is 51.4 Å². The first-order chi connectivity index (χ1) is 13.4. The Morgan fingerprint density at radius 3 is 2.39 bits per heavy atom. The summed E-state index contributed by atoms with van der Waals surface area (Å²) in [7, 11) is -1.89. The zero-order chi connectivity index (χ0) is 19.7. The molecule has 5 nitrogen and oxygen atoms in total. The van der Waals surface area contributed by atoms with Crippen molar-refractivity contribution in [1.82, 2.24) is 4.31 Å². The van der Waals surface area contributed by atoms with E-state index in [0.717, 1.165) is 35.9 Å². The van der Waals surface area contributed by atoms with E-state index in [1.54, 1.807) is 11.4 Å². The van der Waals surface area contributed by atoms with Gasteiger partial charge in [0.1, 0.15) is 10.6 Å². The molecule has 154 valence electrons. The van der Waals surface area contributed by atoms with Gasteiger partial charge < -0.3 is 10.0 Å². The standard InChI is InChI=1S/C21H30N2O3S2/c1-22-17(15-6-4-3-5-7-15)13-23(21-10-14(11-21)12-21)16-8-19(27-2)18(24)9-20(16)28(22,25)26/h8-9,14-15,17,24H,3-7,10-13H2,1-2H3/t14?,17-,21?/m0/s1. The number of rotatable bonds is 3. The van der Waals surface area contributed by atoms with E-state index in [4.69, 9.17) is 0 Å². The number of likely N-dealkylation sites (N-methyl/N-ethyl adjacent to an activating group) is 1.